The molecule has 0 aliphatic heterocycles. The molecule has 22 heavy (non-hydrogen) atoms. The van der Waals surface area contributed by atoms with Crippen LogP contribution in [0.3, 0.4) is 0 Å². The zero-order chi connectivity index (χ0) is 15.8. The third-order valence-electron chi connectivity index (χ3n) is 2.81. The molecule has 1 heterocycles. The van der Waals surface area contributed by atoms with Crippen molar-refractivity contribution >= 4 is 35.0 Å². The fourth-order valence-electron chi connectivity index (χ4n) is 1.81. The van der Waals surface area contributed by atoms with Gasteiger partial charge in [0.15, 0.2) is 0 Å². The third kappa shape index (κ3) is 5.18. The number of hydrogen-bond donors (Lipinski definition) is 1. The first-order chi connectivity index (χ1) is 10.7. The van der Waals surface area contributed by atoms with Gasteiger partial charge >= 0.3 is 5.97 Å². The van der Waals surface area contributed by atoms with Crippen molar-refractivity contribution in [3.8, 4) is 0 Å². The van der Waals surface area contributed by atoms with E-state index in [0.29, 0.717) is 13.0 Å². The lowest BCUT2D eigenvalue weighted by Crippen LogP contribution is -2.13. The minimum atomic E-state index is -0.365. The number of carbonyl (C=O) groups is 2. The Morgan fingerprint density at radius 3 is 2.64 bits per heavy atom. The molecule has 4 nitrogen and oxygen atoms in total. The Morgan fingerprint density at radius 2 is 2.00 bits per heavy atom. The van der Waals surface area contributed by atoms with Crippen LogP contribution in [0.2, 0.25) is 0 Å². The molecule has 0 saturated heterocycles. The highest BCUT2D eigenvalue weighted by molar-refractivity contribution is 7.10. The topological polar surface area (TPSA) is 55.4 Å². The van der Waals surface area contributed by atoms with Crippen LogP contribution < -0.4 is 5.32 Å². The van der Waals surface area contributed by atoms with Crippen molar-refractivity contribution < 1.29 is 14.3 Å². The van der Waals surface area contributed by atoms with E-state index < -0.39 is 0 Å². The average molecular weight is 315 g/mol. The summed E-state index contributed by atoms with van der Waals surface area (Å²) in [6, 6.07) is 11.1. The standard InChI is InChI=1S/C17H17NO3S/c1-2-21-17(20)10-7-13-5-8-14(9-6-13)18-16(19)12-15-4-3-11-22-15/h3-11H,2,12H2,1H3,(H,18,19)/b10-7+. The molecule has 0 atom stereocenters. The van der Waals surface area contributed by atoms with Gasteiger partial charge in [-0.05, 0) is 42.1 Å². The van der Waals surface area contributed by atoms with E-state index in [9.17, 15) is 9.59 Å². The highest BCUT2D eigenvalue weighted by Crippen LogP contribution is 2.13. The van der Waals surface area contributed by atoms with Crippen LogP contribution in [0.4, 0.5) is 5.69 Å². The van der Waals surface area contributed by atoms with Crippen LogP contribution in [-0.4, -0.2) is 18.5 Å². The summed E-state index contributed by atoms with van der Waals surface area (Å²) in [5.41, 5.74) is 1.60. The van der Waals surface area contributed by atoms with Crippen LogP contribution in [0, 0.1) is 0 Å². The Bertz CT molecular complexity index is 645. The van der Waals surface area contributed by atoms with Gasteiger partial charge in [0, 0.05) is 16.6 Å². The SMILES string of the molecule is CCOC(=O)/C=C/c1ccc(NC(=O)Cc2cccs2)cc1. The van der Waals surface area contributed by atoms with E-state index in [1.54, 1.807) is 36.5 Å². The van der Waals surface area contributed by atoms with Gasteiger partial charge in [0.05, 0.1) is 13.0 Å². The molecule has 1 amide bonds. The lowest BCUT2D eigenvalue weighted by Gasteiger charge is -2.04. The van der Waals surface area contributed by atoms with Gasteiger partial charge in [0.1, 0.15) is 0 Å². The van der Waals surface area contributed by atoms with E-state index in [1.165, 1.54) is 6.08 Å². The van der Waals surface area contributed by atoms with Gasteiger partial charge in [-0.3, -0.25) is 4.79 Å². The van der Waals surface area contributed by atoms with E-state index >= 15 is 0 Å². The van der Waals surface area contributed by atoms with Gasteiger partial charge in [-0.25, -0.2) is 4.79 Å². The monoisotopic (exact) mass is 315 g/mol. The first-order valence-corrected chi connectivity index (χ1v) is 7.82. The van der Waals surface area contributed by atoms with Gasteiger partial charge in [-0.2, -0.15) is 0 Å². The summed E-state index contributed by atoms with van der Waals surface area (Å²) in [6.07, 6.45) is 3.44. The summed E-state index contributed by atoms with van der Waals surface area (Å²) in [4.78, 5) is 24.1. The second-order valence-electron chi connectivity index (χ2n) is 4.51. The summed E-state index contributed by atoms with van der Waals surface area (Å²) in [5.74, 6) is -0.409. The number of benzene rings is 1. The second-order valence-corrected chi connectivity index (χ2v) is 5.54. The van der Waals surface area contributed by atoms with Crippen LogP contribution in [0.1, 0.15) is 17.4 Å². The number of rotatable bonds is 6. The molecule has 1 aromatic carbocycles. The molecule has 2 rings (SSSR count). The maximum absolute atomic E-state index is 11.9. The zero-order valence-electron chi connectivity index (χ0n) is 12.2. The average Bonchev–Trinajstić information content (AvgIpc) is 2.99. The number of ether oxygens (including phenoxy) is 1. The number of esters is 1. The van der Waals surface area contributed by atoms with Gasteiger partial charge in [-0.15, -0.1) is 11.3 Å². The third-order valence-corrected chi connectivity index (χ3v) is 3.68. The predicted octanol–water partition coefficient (Wildman–Crippen LogP) is 3.51. The molecule has 1 aromatic heterocycles. The van der Waals surface area contributed by atoms with Crippen LogP contribution >= 0.6 is 11.3 Å². The van der Waals surface area contributed by atoms with Crippen molar-refractivity contribution in [1.29, 1.82) is 0 Å². The predicted molar refractivity (Wildman–Crippen MR) is 88.8 cm³/mol. The van der Waals surface area contributed by atoms with E-state index in [-0.39, 0.29) is 11.9 Å². The van der Waals surface area contributed by atoms with Crippen LogP contribution in [0.15, 0.2) is 47.9 Å². The Hall–Kier alpha value is -2.40. The molecule has 2 aromatic rings. The first-order valence-electron chi connectivity index (χ1n) is 6.94. The van der Waals surface area contributed by atoms with E-state index in [2.05, 4.69) is 5.32 Å². The van der Waals surface area contributed by atoms with Gasteiger partial charge in [0.2, 0.25) is 5.91 Å². The summed E-state index contributed by atoms with van der Waals surface area (Å²) in [7, 11) is 0. The van der Waals surface area contributed by atoms with Crippen LogP contribution in [0.25, 0.3) is 6.08 Å². The molecule has 114 valence electrons. The summed E-state index contributed by atoms with van der Waals surface area (Å²) >= 11 is 1.56. The van der Waals surface area contributed by atoms with Crippen molar-refractivity contribution in [1.82, 2.24) is 0 Å². The van der Waals surface area contributed by atoms with Crippen molar-refractivity contribution in [3.63, 3.8) is 0 Å². The van der Waals surface area contributed by atoms with E-state index in [4.69, 9.17) is 4.74 Å². The molecule has 0 saturated carbocycles. The zero-order valence-corrected chi connectivity index (χ0v) is 13.1. The molecular formula is C17H17NO3S. The summed E-state index contributed by atoms with van der Waals surface area (Å²) in [6.45, 7) is 2.12. The minimum absolute atomic E-state index is 0.0442. The van der Waals surface area contributed by atoms with Gasteiger partial charge < -0.3 is 10.1 Å². The van der Waals surface area contributed by atoms with Crippen molar-refractivity contribution in [2.75, 3.05) is 11.9 Å². The van der Waals surface area contributed by atoms with Crippen LogP contribution in [0.5, 0.6) is 0 Å². The molecule has 0 spiro atoms. The maximum Gasteiger partial charge on any atom is 0.330 e. The fourth-order valence-corrected chi connectivity index (χ4v) is 2.51. The van der Waals surface area contributed by atoms with Crippen LogP contribution in [-0.2, 0) is 20.7 Å². The molecule has 0 aliphatic rings. The molecule has 0 bridgehead atoms. The highest BCUT2D eigenvalue weighted by Gasteiger charge is 2.04. The number of amides is 1. The highest BCUT2D eigenvalue weighted by atomic mass is 32.1. The maximum atomic E-state index is 11.9. The molecular weight excluding hydrogens is 298 g/mol. The second kappa shape index (κ2) is 8.14. The Morgan fingerprint density at radius 1 is 1.23 bits per heavy atom. The molecule has 5 heteroatoms. The number of anilines is 1. The number of thiophene rings is 1. The van der Waals surface area contributed by atoms with Gasteiger partial charge in [-0.1, -0.05) is 18.2 Å². The van der Waals surface area contributed by atoms with Crippen molar-refractivity contribution in [2.24, 2.45) is 0 Å². The number of hydrogen-bond acceptors (Lipinski definition) is 4. The fraction of sp³-hybridized carbons (Fsp3) is 0.176. The van der Waals surface area contributed by atoms with E-state index in [0.717, 1.165) is 16.1 Å². The van der Waals surface area contributed by atoms with Gasteiger partial charge in [0.25, 0.3) is 0 Å². The molecule has 0 radical (unpaired) electrons. The number of carbonyl (C=O) groups excluding carboxylic acids is 2. The molecule has 0 aliphatic carbocycles. The smallest absolute Gasteiger partial charge is 0.330 e. The number of nitrogens with one attached hydrogen (secondary N) is 1. The molecule has 0 fully saturated rings. The molecule has 1 N–H and O–H groups in total. The Labute approximate surface area is 133 Å². The summed E-state index contributed by atoms with van der Waals surface area (Å²) in [5, 5.41) is 4.80. The van der Waals surface area contributed by atoms with E-state index in [1.807, 2.05) is 29.6 Å². The minimum Gasteiger partial charge on any atom is -0.463 e. The first kappa shape index (κ1) is 16.0. The normalized spacial score (nSPS) is 10.6. The molecule has 0 unspecified atom stereocenters. The van der Waals surface area contributed by atoms with Crippen molar-refractivity contribution in [2.45, 2.75) is 13.3 Å². The Balaban J connectivity index is 1.88. The largest absolute Gasteiger partial charge is 0.463 e. The lowest BCUT2D eigenvalue weighted by atomic mass is 10.2. The summed E-state index contributed by atoms with van der Waals surface area (Å²) < 4.78 is 4.81. The quantitative estimate of drug-likeness (QED) is 0.655. The lowest BCUT2D eigenvalue weighted by molar-refractivity contribution is -0.137. The Kier molecular flexibility index (Phi) is 5.91. The van der Waals surface area contributed by atoms with Crippen molar-refractivity contribution in [3.05, 3.63) is 58.3 Å².